The minimum Gasteiger partial charge on any atom is -0.507 e. The molecule has 6 rings (SSSR count). The van der Waals surface area contributed by atoms with Gasteiger partial charge in [0, 0.05) is 50.4 Å². The number of phenols is 1. The maximum absolute atomic E-state index is 10.5. The number of fused-ring (bicyclic) bond motifs is 1. The second kappa shape index (κ2) is 11.7. The number of anilines is 1. The van der Waals surface area contributed by atoms with Crippen molar-refractivity contribution in [1.82, 2.24) is 0 Å². The molecule has 1 N–H and O–H groups in total. The summed E-state index contributed by atoms with van der Waals surface area (Å²) in [5.74, 6) is 2.79. The third-order valence-corrected chi connectivity index (χ3v) is 9.88. The highest BCUT2D eigenvalue weighted by Crippen LogP contribution is 2.49. The Morgan fingerprint density at radius 1 is 0.821 bits per heavy atom. The van der Waals surface area contributed by atoms with E-state index in [9.17, 15) is 5.11 Å². The van der Waals surface area contributed by atoms with Crippen LogP contribution in [-0.4, -0.2) is 38.7 Å². The number of aryl methyl sites for hydroxylation is 1. The smallest absolute Gasteiger partial charge is 0.159 e. The zero-order chi connectivity index (χ0) is 26.8. The van der Waals surface area contributed by atoms with E-state index in [4.69, 9.17) is 9.47 Å². The SMILES string of the molecule is COC(OC)C1CCN(c2ccc([C@H]3c4ccc(-c5ccccc5O)cc4CC[C@H]3C3CCCC3)cc2)CC1. The summed E-state index contributed by atoms with van der Waals surface area (Å²) in [6.45, 7) is 2.08. The number of rotatable bonds is 7. The maximum Gasteiger partial charge on any atom is 0.159 e. The molecule has 39 heavy (non-hydrogen) atoms. The molecule has 0 bridgehead atoms. The largest absolute Gasteiger partial charge is 0.507 e. The Hall–Kier alpha value is -2.82. The zero-order valence-corrected chi connectivity index (χ0v) is 23.5. The maximum atomic E-state index is 10.5. The second-order valence-electron chi connectivity index (χ2n) is 11.9. The molecule has 2 aliphatic carbocycles. The fourth-order valence-electron chi connectivity index (χ4n) is 7.85. The Balaban J connectivity index is 1.26. The fourth-order valence-corrected chi connectivity index (χ4v) is 7.85. The van der Waals surface area contributed by atoms with E-state index in [1.807, 2.05) is 18.2 Å². The van der Waals surface area contributed by atoms with Crippen molar-refractivity contribution in [3.63, 3.8) is 0 Å². The van der Waals surface area contributed by atoms with Crippen molar-refractivity contribution in [1.29, 1.82) is 0 Å². The molecule has 3 aromatic carbocycles. The van der Waals surface area contributed by atoms with E-state index in [0.29, 0.717) is 23.5 Å². The van der Waals surface area contributed by atoms with Gasteiger partial charge in [-0.25, -0.2) is 0 Å². The number of ether oxygens (including phenoxy) is 2. The van der Waals surface area contributed by atoms with Crippen LogP contribution < -0.4 is 4.90 Å². The molecule has 2 atom stereocenters. The second-order valence-corrected chi connectivity index (χ2v) is 11.9. The summed E-state index contributed by atoms with van der Waals surface area (Å²) in [5, 5.41) is 10.5. The van der Waals surface area contributed by atoms with E-state index in [1.54, 1.807) is 20.3 Å². The van der Waals surface area contributed by atoms with Crippen molar-refractivity contribution in [2.75, 3.05) is 32.2 Å². The van der Waals surface area contributed by atoms with Gasteiger partial charge in [0.25, 0.3) is 0 Å². The van der Waals surface area contributed by atoms with Crippen LogP contribution in [0.25, 0.3) is 11.1 Å². The van der Waals surface area contributed by atoms with Crippen LogP contribution in [0, 0.1) is 17.8 Å². The van der Waals surface area contributed by atoms with Crippen LogP contribution in [0.2, 0.25) is 0 Å². The first-order valence-electron chi connectivity index (χ1n) is 15.0. The molecule has 2 fully saturated rings. The minimum absolute atomic E-state index is 0.0974. The summed E-state index contributed by atoms with van der Waals surface area (Å²) in [5.41, 5.74) is 7.77. The Bertz CT molecular complexity index is 1240. The van der Waals surface area contributed by atoms with Crippen LogP contribution in [0.15, 0.2) is 66.7 Å². The predicted molar refractivity (Wildman–Crippen MR) is 158 cm³/mol. The van der Waals surface area contributed by atoms with Crippen LogP contribution in [-0.2, 0) is 15.9 Å². The lowest BCUT2D eigenvalue weighted by Crippen LogP contribution is -2.39. The lowest BCUT2D eigenvalue weighted by Gasteiger charge is -2.39. The van der Waals surface area contributed by atoms with Gasteiger partial charge in [-0.3, -0.25) is 0 Å². The van der Waals surface area contributed by atoms with Crippen molar-refractivity contribution in [2.24, 2.45) is 17.8 Å². The highest BCUT2D eigenvalue weighted by Gasteiger charge is 2.37. The Kier molecular flexibility index (Phi) is 7.95. The number of hydrogen-bond acceptors (Lipinski definition) is 4. The molecule has 0 radical (unpaired) electrons. The van der Waals surface area contributed by atoms with E-state index in [1.165, 1.54) is 54.5 Å². The van der Waals surface area contributed by atoms with Gasteiger partial charge in [-0.1, -0.05) is 74.2 Å². The van der Waals surface area contributed by atoms with E-state index in [-0.39, 0.29) is 6.29 Å². The van der Waals surface area contributed by atoms with Crippen LogP contribution in [0.3, 0.4) is 0 Å². The number of phenolic OH excluding ortho intramolecular Hbond substituents is 1. The number of benzene rings is 3. The third-order valence-electron chi connectivity index (χ3n) is 9.88. The van der Waals surface area contributed by atoms with Gasteiger partial charge in [0.15, 0.2) is 6.29 Å². The van der Waals surface area contributed by atoms with Crippen molar-refractivity contribution in [3.8, 4) is 16.9 Å². The molecule has 1 saturated carbocycles. The lowest BCUT2D eigenvalue weighted by molar-refractivity contribution is -0.141. The van der Waals surface area contributed by atoms with E-state index < -0.39 is 0 Å². The molecule has 1 heterocycles. The molecule has 0 spiro atoms. The normalized spacial score (nSPS) is 22.4. The summed E-state index contributed by atoms with van der Waals surface area (Å²) in [6.07, 6.45) is 9.99. The van der Waals surface area contributed by atoms with Crippen molar-refractivity contribution >= 4 is 5.69 Å². The third kappa shape index (κ3) is 5.34. The fraction of sp³-hybridized carbons (Fsp3) is 0.486. The van der Waals surface area contributed by atoms with Gasteiger partial charge in [-0.05, 0) is 78.0 Å². The van der Waals surface area contributed by atoms with E-state index >= 15 is 0 Å². The van der Waals surface area contributed by atoms with Crippen molar-refractivity contribution in [3.05, 3.63) is 83.4 Å². The quantitative estimate of drug-likeness (QED) is 0.320. The van der Waals surface area contributed by atoms with Gasteiger partial charge >= 0.3 is 0 Å². The Morgan fingerprint density at radius 3 is 2.23 bits per heavy atom. The number of piperidine rings is 1. The topological polar surface area (TPSA) is 41.9 Å². The average Bonchev–Trinajstić information content (AvgIpc) is 3.53. The standard InChI is InChI=1S/C35H43NO3/c1-38-35(39-2)26-19-21-36(22-20-26)29-15-11-25(12-16-29)34-31(24-7-3-4-8-24)17-14-28-23-27(13-18-32(28)34)30-9-5-6-10-33(30)37/h5-6,9-13,15-16,18,23-24,26,31,34-35,37H,3-4,7-8,14,17,19-22H2,1-2H3/t31-,34+/m0/s1. The van der Waals surface area contributed by atoms with Gasteiger partial charge in [0.1, 0.15) is 5.75 Å². The summed E-state index contributed by atoms with van der Waals surface area (Å²) in [7, 11) is 3.49. The molecule has 0 aromatic heterocycles. The Labute approximate surface area is 234 Å². The summed E-state index contributed by atoms with van der Waals surface area (Å²) >= 11 is 0. The molecular formula is C35H43NO3. The van der Waals surface area contributed by atoms with Crippen LogP contribution in [0.5, 0.6) is 5.75 Å². The molecule has 4 nitrogen and oxygen atoms in total. The number of para-hydroxylation sites is 1. The highest BCUT2D eigenvalue weighted by atomic mass is 16.7. The van der Waals surface area contributed by atoms with Crippen LogP contribution in [0.4, 0.5) is 5.69 Å². The van der Waals surface area contributed by atoms with Crippen LogP contribution in [0.1, 0.15) is 67.6 Å². The Morgan fingerprint density at radius 2 is 1.54 bits per heavy atom. The van der Waals surface area contributed by atoms with Gasteiger partial charge < -0.3 is 19.5 Å². The van der Waals surface area contributed by atoms with Crippen LogP contribution >= 0.6 is 0 Å². The lowest BCUT2D eigenvalue weighted by atomic mass is 9.66. The van der Waals surface area contributed by atoms with E-state index in [2.05, 4.69) is 47.4 Å². The molecule has 206 valence electrons. The summed E-state index contributed by atoms with van der Waals surface area (Å²) < 4.78 is 11.1. The molecule has 1 saturated heterocycles. The molecule has 3 aromatic rings. The minimum atomic E-state index is -0.0974. The van der Waals surface area contributed by atoms with Crippen molar-refractivity contribution in [2.45, 2.75) is 63.6 Å². The number of hydrogen-bond donors (Lipinski definition) is 1. The molecular weight excluding hydrogens is 482 g/mol. The molecule has 0 amide bonds. The van der Waals surface area contributed by atoms with Gasteiger partial charge in [-0.15, -0.1) is 0 Å². The van der Waals surface area contributed by atoms with Gasteiger partial charge in [0.05, 0.1) is 0 Å². The first kappa shape index (κ1) is 26.4. The summed E-state index contributed by atoms with van der Waals surface area (Å²) in [4.78, 5) is 2.52. The monoisotopic (exact) mass is 525 g/mol. The molecule has 1 aliphatic heterocycles. The molecule has 3 aliphatic rings. The molecule has 0 unspecified atom stereocenters. The number of methoxy groups -OCH3 is 2. The predicted octanol–water partition coefficient (Wildman–Crippen LogP) is 7.78. The first-order valence-corrected chi connectivity index (χ1v) is 15.0. The number of nitrogens with zero attached hydrogens (tertiary/aromatic N) is 1. The van der Waals surface area contributed by atoms with Gasteiger partial charge in [0.2, 0.25) is 0 Å². The average molecular weight is 526 g/mol. The highest BCUT2D eigenvalue weighted by molar-refractivity contribution is 5.71. The van der Waals surface area contributed by atoms with Gasteiger partial charge in [-0.2, -0.15) is 0 Å². The zero-order valence-electron chi connectivity index (χ0n) is 23.5. The molecule has 4 heteroatoms. The van der Waals surface area contributed by atoms with Crippen molar-refractivity contribution < 1.29 is 14.6 Å². The first-order chi connectivity index (χ1) is 19.2. The van der Waals surface area contributed by atoms with E-state index in [0.717, 1.165) is 49.4 Å². The number of aromatic hydroxyl groups is 1. The summed E-state index contributed by atoms with van der Waals surface area (Å²) in [6, 6.07) is 24.2.